The first-order valence-electron chi connectivity index (χ1n) is 10.2. The van der Waals surface area contributed by atoms with Crippen molar-refractivity contribution in [3.8, 4) is 0 Å². The second-order valence-corrected chi connectivity index (χ2v) is 8.43. The van der Waals surface area contributed by atoms with E-state index < -0.39 is 35.4 Å². The Morgan fingerprint density at radius 1 is 1.10 bits per heavy atom. The molecule has 0 aromatic carbocycles. The average molecular weight is 430 g/mol. The quantitative estimate of drug-likeness (QED) is 0.367. The number of Topliss-reactive ketones (excluding diaryl/α,β-unsaturated/α-hetero) is 1. The number of ketones is 1. The number of hydrogen-bond donors (Lipinski definition) is 3. The smallest absolute Gasteiger partial charge is 0.246 e. The molecule has 1 saturated heterocycles. The highest BCUT2D eigenvalue weighted by atomic mass is 16.5. The molecule has 3 N–H and O–H groups in total. The van der Waals surface area contributed by atoms with Gasteiger partial charge in [-0.1, -0.05) is 20.8 Å². The summed E-state index contributed by atoms with van der Waals surface area (Å²) in [5.74, 6) is -1.31. The number of carbonyl (C=O) groups is 4. The van der Waals surface area contributed by atoms with Crippen LogP contribution in [0.5, 0.6) is 0 Å². The van der Waals surface area contributed by atoms with Gasteiger partial charge in [0.1, 0.15) is 19.3 Å². The average Bonchev–Trinajstić information content (AvgIpc) is 3.03. The third kappa shape index (κ3) is 8.37. The van der Waals surface area contributed by atoms with E-state index in [1.807, 2.05) is 0 Å². The second-order valence-electron chi connectivity index (χ2n) is 8.43. The highest BCUT2D eigenvalue weighted by molar-refractivity contribution is 5.93. The highest BCUT2D eigenvalue weighted by Gasteiger charge is 2.43. The van der Waals surface area contributed by atoms with Gasteiger partial charge in [-0.25, -0.2) is 0 Å². The Balaban J connectivity index is 2.54. The summed E-state index contributed by atoms with van der Waals surface area (Å²) in [6, 6.07) is -1.57. The van der Waals surface area contributed by atoms with E-state index in [1.54, 1.807) is 27.7 Å². The lowest BCUT2D eigenvalue weighted by molar-refractivity contribution is -0.144. The van der Waals surface area contributed by atoms with E-state index in [1.165, 1.54) is 11.8 Å². The monoisotopic (exact) mass is 429 g/mol. The number of aliphatic hydroxyl groups is 1. The molecule has 10 nitrogen and oxygen atoms in total. The SMILES string of the molecule is CCNC(=O)COCCOCC(=O)N[C@H](C(=O)N1C[C@H](O)C[C@H]1C(C)=O)C(C)(C)C. The summed E-state index contributed by atoms with van der Waals surface area (Å²) in [6.07, 6.45) is -0.562. The van der Waals surface area contributed by atoms with Gasteiger partial charge < -0.3 is 30.1 Å². The predicted molar refractivity (Wildman–Crippen MR) is 109 cm³/mol. The molecule has 0 aromatic heterocycles. The summed E-state index contributed by atoms with van der Waals surface area (Å²) >= 11 is 0. The van der Waals surface area contributed by atoms with Crippen LogP contribution in [-0.4, -0.2) is 91.2 Å². The fourth-order valence-electron chi connectivity index (χ4n) is 3.16. The summed E-state index contributed by atoms with van der Waals surface area (Å²) in [4.78, 5) is 49.8. The third-order valence-electron chi connectivity index (χ3n) is 4.66. The normalized spacial score (nSPS) is 20.0. The fraction of sp³-hybridized carbons (Fsp3) is 0.800. The van der Waals surface area contributed by atoms with Crippen LogP contribution < -0.4 is 10.6 Å². The summed E-state index contributed by atoms with van der Waals surface area (Å²) in [7, 11) is 0. The number of β-amino-alcohol motifs (C(OH)–C–C–N with tert-alkyl or cyclic N) is 1. The van der Waals surface area contributed by atoms with Gasteiger partial charge in [-0.3, -0.25) is 19.2 Å². The predicted octanol–water partition coefficient (Wildman–Crippen LogP) is -0.763. The Kier molecular flexibility index (Phi) is 10.4. The number of hydrogen-bond acceptors (Lipinski definition) is 7. The van der Waals surface area contributed by atoms with Crippen LogP contribution in [0.25, 0.3) is 0 Å². The van der Waals surface area contributed by atoms with Crippen LogP contribution in [0.1, 0.15) is 41.0 Å². The van der Waals surface area contributed by atoms with Crippen LogP contribution in [0.3, 0.4) is 0 Å². The van der Waals surface area contributed by atoms with Gasteiger partial charge >= 0.3 is 0 Å². The molecule has 1 aliphatic heterocycles. The highest BCUT2D eigenvalue weighted by Crippen LogP contribution is 2.26. The summed E-state index contributed by atoms with van der Waals surface area (Å²) in [6.45, 7) is 9.11. The molecule has 0 saturated carbocycles. The molecule has 0 aliphatic carbocycles. The molecule has 0 spiro atoms. The Morgan fingerprint density at radius 2 is 1.67 bits per heavy atom. The van der Waals surface area contributed by atoms with Crippen LogP contribution in [0.15, 0.2) is 0 Å². The molecule has 0 aromatic rings. The van der Waals surface area contributed by atoms with E-state index in [-0.39, 0.29) is 51.1 Å². The first-order chi connectivity index (χ1) is 14.0. The molecule has 30 heavy (non-hydrogen) atoms. The van der Waals surface area contributed by atoms with Gasteiger partial charge in [0, 0.05) is 19.5 Å². The maximum atomic E-state index is 13.1. The zero-order chi connectivity index (χ0) is 22.9. The van der Waals surface area contributed by atoms with Gasteiger partial charge in [-0.15, -0.1) is 0 Å². The van der Waals surface area contributed by atoms with Gasteiger partial charge in [0.2, 0.25) is 17.7 Å². The molecule has 0 radical (unpaired) electrons. The molecule has 172 valence electrons. The maximum absolute atomic E-state index is 13.1. The largest absolute Gasteiger partial charge is 0.391 e. The van der Waals surface area contributed by atoms with Crippen LogP contribution >= 0.6 is 0 Å². The molecule has 1 aliphatic rings. The first kappa shape index (κ1) is 26.0. The van der Waals surface area contributed by atoms with Crippen molar-refractivity contribution in [2.24, 2.45) is 5.41 Å². The number of carbonyl (C=O) groups excluding carboxylic acids is 4. The van der Waals surface area contributed by atoms with Gasteiger partial charge in [-0.05, 0) is 19.3 Å². The third-order valence-corrected chi connectivity index (χ3v) is 4.66. The zero-order valence-corrected chi connectivity index (χ0v) is 18.5. The molecule has 10 heteroatoms. The van der Waals surface area contributed by atoms with E-state index >= 15 is 0 Å². The van der Waals surface area contributed by atoms with Crippen LogP contribution in [0.4, 0.5) is 0 Å². The molecular weight excluding hydrogens is 394 g/mol. The van der Waals surface area contributed by atoms with E-state index in [9.17, 15) is 24.3 Å². The van der Waals surface area contributed by atoms with Crippen molar-refractivity contribution in [3.05, 3.63) is 0 Å². The van der Waals surface area contributed by atoms with Crippen LogP contribution in [-0.2, 0) is 28.7 Å². The minimum absolute atomic E-state index is 0.0605. The van der Waals surface area contributed by atoms with Gasteiger partial charge in [0.15, 0.2) is 5.78 Å². The van der Waals surface area contributed by atoms with Gasteiger partial charge in [0.25, 0.3) is 0 Å². The number of nitrogens with zero attached hydrogens (tertiary/aromatic N) is 1. The number of amides is 3. The van der Waals surface area contributed by atoms with E-state index in [0.29, 0.717) is 6.54 Å². The summed E-state index contributed by atoms with van der Waals surface area (Å²) < 4.78 is 10.4. The second kappa shape index (κ2) is 12.0. The molecule has 1 heterocycles. The molecule has 3 atom stereocenters. The standard InChI is InChI=1S/C20H35N3O7/c1-6-21-16(26)11-29-7-8-30-12-17(27)22-18(20(3,4)5)19(28)23-10-14(25)9-15(23)13(2)24/h14-15,18,25H,6-12H2,1-5H3,(H,21,26)(H,22,27)/t14-,15+,18-/m1/s1. The van der Waals surface area contributed by atoms with Crippen molar-refractivity contribution < 1.29 is 33.8 Å². The number of aliphatic hydroxyl groups excluding tert-OH is 1. The van der Waals surface area contributed by atoms with Gasteiger partial charge in [0.05, 0.1) is 25.4 Å². The lowest BCUT2D eigenvalue weighted by Gasteiger charge is -2.35. The zero-order valence-electron chi connectivity index (χ0n) is 18.5. The first-order valence-corrected chi connectivity index (χ1v) is 10.2. The van der Waals surface area contributed by atoms with E-state index in [4.69, 9.17) is 9.47 Å². The molecule has 1 fully saturated rings. The maximum Gasteiger partial charge on any atom is 0.246 e. The minimum atomic E-state index is -0.880. The van der Waals surface area contributed by atoms with Crippen molar-refractivity contribution in [3.63, 3.8) is 0 Å². The van der Waals surface area contributed by atoms with Gasteiger partial charge in [-0.2, -0.15) is 0 Å². The summed E-state index contributed by atoms with van der Waals surface area (Å²) in [5, 5.41) is 15.2. The molecule has 0 bridgehead atoms. The number of rotatable bonds is 11. The Hall–Kier alpha value is -2.04. The molecule has 0 unspecified atom stereocenters. The topological polar surface area (TPSA) is 134 Å². The Bertz CT molecular complexity index is 618. The van der Waals surface area contributed by atoms with Crippen LogP contribution in [0, 0.1) is 5.41 Å². The Morgan fingerprint density at radius 3 is 2.17 bits per heavy atom. The lowest BCUT2D eigenvalue weighted by atomic mass is 9.85. The minimum Gasteiger partial charge on any atom is -0.391 e. The molecule has 1 rings (SSSR count). The molecular formula is C20H35N3O7. The Labute approximate surface area is 177 Å². The number of nitrogens with one attached hydrogen (secondary N) is 2. The number of likely N-dealkylation sites (tertiary alicyclic amines) is 1. The van der Waals surface area contributed by atoms with E-state index in [2.05, 4.69) is 10.6 Å². The van der Waals surface area contributed by atoms with E-state index in [0.717, 1.165) is 0 Å². The van der Waals surface area contributed by atoms with Crippen LogP contribution in [0.2, 0.25) is 0 Å². The van der Waals surface area contributed by atoms with Crippen molar-refractivity contribution in [2.45, 2.75) is 59.2 Å². The summed E-state index contributed by atoms with van der Waals surface area (Å²) in [5.41, 5.74) is -0.614. The van der Waals surface area contributed by atoms with Crippen molar-refractivity contribution in [1.29, 1.82) is 0 Å². The fourth-order valence-corrected chi connectivity index (χ4v) is 3.16. The van der Waals surface area contributed by atoms with Crippen molar-refractivity contribution in [2.75, 3.05) is 39.5 Å². The molecule has 3 amide bonds. The van der Waals surface area contributed by atoms with Crippen molar-refractivity contribution in [1.82, 2.24) is 15.5 Å². The van der Waals surface area contributed by atoms with Crippen molar-refractivity contribution >= 4 is 23.5 Å². The lowest BCUT2D eigenvalue weighted by Crippen LogP contribution is -2.57. The number of likely N-dealkylation sites (N-methyl/N-ethyl adjacent to an activating group) is 1. The number of ether oxygens (including phenoxy) is 2.